The van der Waals surface area contributed by atoms with Crippen molar-refractivity contribution in [2.75, 3.05) is 0 Å². The highest BCUT2D eigenvalue weighted by Gasteiger charge is 2.39. The molecule has 0 aliphatic carbocycles. The summed E-state index contributed by atoms with van der Waals surface area (Å²) in [7, 11) is 0. The lowest BCUT2D eigenvalue weighted by Gasteiger charge is -2.21. The van der Waals surface area contributed by atoms with Crippen LogP contribution in [0.5, 0.6) is 0 Å². The van der Waals surface area contributed by atoms with E-state index in [-0.39, 0.29) is 12.1 Å². The molecule has 4 nitrogen and oxygen atoms in total. The van der Waals surface area contributed by atoms with Gasteiger partial charge in [0.05, 0.1) is 0 Å². The molecular weight excluding hydrogens is 270 g/mol. The molecule has 2 N–H and O–H groups in total. The van der Waals surface area contributed by atoms with E-state index >= 15 is 0 Å². The maximum atomic E-state index is 12.3. The molecule has 0 spiro atoms. The lowest BCUT2D eigenvalue weighted by atomic mass is 9.96. The van der Waals surface area contributed by atoms with Crippen molar-refractivity contribution in [2.45, 2.75) is 37.4 Å². The average molecular weight is 287 g/mol. The van der Waals surface area contributed by atoms with Crippen molar-refractivity contribution in [3.63, 3.8) is 0 Å². The maximum Gasteiger partial charge on any atom is 0.325 e. The fourth-order valence-corrected chi connectivity index (χ4v) is 4.05. The van der Waals surface area contributed by atoms with Gasteiger partial charge in [-0.1, -0.05) is 6.07 Å². The van der Waals surface area contributed by atoms with E-state index in [1.807, 2.05) is 29.9 Å². The van der Waals surface area contributed by atoms with Crippen LogP contribution in [-0.2, 0) is 0 Å². The summed E-state index contributed by atoms with van der Waals surface area (Å²) in [5.74, 6) is 0. The molecular formula is C15H17N3OS. The minimum absolute atomic E-state index is 0.0212. The lowest BCUT2D eigenvalue weighted by molar-refractivity contribution is 0.236. The number of rotatable bonds is 2. The Balaban J connectivity index is 1.46. The summed E-state index contributed by atoms with van der Waals surface area (Å²) in [6.07, 6.45) is 7.24. The number of nitrogens with one attached hydrogen (secondary N) is 2. The van der Waals surface area contributed by atoms with Crippen molar-refractivity contribution in [2.24, 2.45) is 0 Å². The second-order valence-corrected chi connectivity index (χ2v) is 6.57. The number of fused-ring (bicyclic) bond motifs is 2. The third-order valence-corrected chi connectivity index (χ3v) is 5.26. The van der Waals surface area contributed by atoms with Gasteiger partial charge in [0, 0.05) is 41.0 Å². The maximum absolute atomic E-state index is 12.3. The van der Waals surface area contributed by atoms with Crippen LogP contribution in [0.3, 0.4) is 0 Å². The Kier molecular flexibility index (Phi) is 2.89. The zero-order valence-corrected chi connectivity index (χ0v) is 11.9. The monoisotopic (exact) mass is 287 g/mol. The van der Waals surface area contributed by atoms with E-state index in [1.165, 1.54) is 17.7 Å². The van der Waals surface area contributed by atoms with Crippen LogP contribution in [0.15, 0.2) is 36.0 Å². The molecule has 2 aromatic rings. The molecule has 0 aromatic carbocycles. The zero-order valence-electron chi connectivity index (χ0n) is 11.1. The molecule has 4 rings (SSSR count). The summed E-state index contributed by atoms with van der Waals surface area (Å²) in [5.41, 5.74) is 1.10. The first kappa shape index (κ1) is 12.2. The number of carbonyl (C=O) groups is 1. The molecule has 3 atom stereocenters. The SMILES string of the molecule is O=C(N[C@@H]1C[C@H]2CC[C@@H]1N2)n1ccc(-c2cccs2)c1. The largest absolute Gasteiger partial charge is 0.333 e. The minimum atomic E-state index is -0.0212. The molecule has 2 aliphatic rings. The molecule has 2 saturated heterocycles. The molecule has 0 radical (unpaired) electrons. The van der Waals surface area contributed by atoms with E-state index in [1.54, 1.807) is 15.9 Å². The third kappa shape index (κ3) is 2.07. The smallest absolute Gasteiger partial charge is 0.325 e. The second-order valence-electron chi connectivity index (χ2n) is 5.62. The number of hydrogen-bond acceptors (Lipinski definition) is 3. The Hall–Kier alpha value is -1.59. The van der Waals surface area contributed by atoms with Crippen LogP contribution in [0.1, 0.15) is 19.3 Å². The van der Waals surface area contributed by atoms with Gasteiger partial charge >= 0.3 is 6.03 Å². The van der Waals surface area contributed by atoms with Gasteiger partial charge in [0.15, 0.2) is 0 Å². The summed E-state index contributed by atoms with van der Waals surface area (Å²) >= 11 is 1.69. The molecule has 5 heteroatoms. The van der Waals surface area contributed by atoms with Crippen molar-refractivity contribution in [3.8, 4) is 10.4 Å². The Labute approximate surface area is 121 Å². The number of aromatic nitrogens is 1. The summed E-state index contributed by atoms with van der Waals surface area (Å²) in [6, 6.07) is 7.43. The van der Waals surface area contributed by atoms with Gasteiger partial charge < -0.3 is 10.6 Å². The van der Waals surface area contributed by atoms with E-state index in [2.05, 4.69) is 16.7 Å². The van der Waals surface area contributed by atoms with Crippen LogP contribution in [0.25, 0.3) is 10.4 Å². The Bertz CT molecular complexity index is 619. The van der Waals surface area contributed by atoms with Gasteiger partial charge in [-0.2, -0.15) is 0 Å². The molecule has 2 fully saturated rings. The first-order valence-electron chi connectivity index (χ1n) is 7.08. The quantitative estimate of drug-likeness (QED) is 0.892. The number of thiophene rings is 1. The third-order valence-electron chi connectivity index (χ3n) is 4.34. The van der Waals surface area contributed by atoms with Crippen molar-refractivity contribution in [1.82, 2.24) is 15.2 Å². The van der Waals surface area contributed by atoms with Gasteiger partial charge in [0.1, 0.15) is 0 Å². The Morgan fingerprint density at radius 1 is 1.40 bits per heavy atom. The minimum Gasteiger partial charge on any atom is -0.333 e. The predicted octanol–water partition coefficient (Wildman–Crippen LogP) is 2.67. The standard InChI is InChI=1S/C15H17N3OS/c19-15(17-13-8-11-3-4-12(13)16-11)18-6-5-10(9-18)14-2-1-7-20-14/h1-2,5-7,9,11-13,16H,3-4,8H2,(H,17,19)/t11-,12+,13-/m1/s1. The molecule has 4 heterocycles. The van der Waals surface area contributed by atoms with Crippen LogP contribution in [0.2, 0.25) is 0 Å². The average Bonchev–Trinajstić information content (AvgIpc) is 3.21. The highest BCUT2D eigenvalue weighted by molar-refractivity contribution is 7.13. The van der Waals surface area contributed by atoms with Gasteiger partial charge in [-0.05, 0) is 36.8 Å². The van der Waals surface area contributed by atoms with Crippen molar-refractivity contribution in [1.29, 1.82) is 0 Å². The molecule has 2 bridgehead atoms. The van der Waals surface area contributed by atoms with Gasteiger partial charge in [-0.3, -0.25) is 4.57 Å². The normalized spacial score (nSPS) is 27.9. The van der Waals surface area contributed by atoms with Crippen LogP contribution < -0.4 is 10.6 Å². The van der Waals surface area contributed by atoms with Crippen LogP contribution in [0, 0.1) is 0 Å². The zero-order chi connectivity index (χ0) is 13.5. The number of nitrogens with zero attached hydrogens (tertiary/aromatic N) is 1. The number of carbonyl (C=O) groups excluding carboxylic acids is 1. The van der Waals surface area contributed by atoms with Gasteiger partial charge in [0.2, 0.25) is 0 Å². The first-order valence-corrected chi connectivity index (χ1v) is 7.96. The van der Waals surface area contributed by atoms with Gasteiger partial charge in [-0.15, -0.1) is 11.3 Å². The molecule has 20 heavy (non-hydrogen) atoms. The molecule has 2 aliphatic heterocycles. The van der Waals surface area contributed by atoms with E-state index in [0.717, 1.165) is 12.0 Å². The summed E-state index contributed by atoms with van der Waals surface area (Å²) < 4.78 is 1.65. The summed E-state index contributed by atoms with van der Waals surface area (Å²) in [4.78, 5) is 13.5. The summed E-state index contributed by atoms with van der Waals surface area (Å²) in [5, 5.41) is 8.74. The fourth-order valence-electron chi connectivity index (χ4n) is 3.33. The predicted molar refractivity (Wildman–Crippen MR) is 80.0 cm³/mol. The van der Waals surface area contributed by atoms with E-state index in [0.29, 0.717) is 12.1 Å². The highest BCUT2D eigenvalue weighted by atomic mass is 32.1. The van der Waals surface area contributed by atoms with Crippen LogP contribution in [0.4, 0.5) is 4.79 Å². The molecule has 2 aromatic heterocycles. The van der Waals surface area contributed by atoms with E-state index < -0.39 is 0 Å². The summed E-state index contributed by atoms with van der Waals surface area (Å²) in [6.45, 7) is 0. The van der Waals surface area contributed by atoms with Crippen molar-refractivity contribution < 1.29 is 4.79 Å². The molecule has 1 amide bonds. The van der Waals surface area contributed by atoms with Crippen molar-refractivity contribution >= 4 is 17.4 Å². The second kappa shape index (κ2) is 4.75. The van der Waals surface area contributed by atoms with Gasteiger partial charge in [0.25, 0.3) is 0 Å². The molecule has 104 valence electrons. The fraction of sp³-hybridized carbons (Fsp3) is 0.400. The van der Waals surface area contributed by atoms with E-state index in [9.17, 15) is 4.79 Å². The van der Waals surface area contributed by atoms with E-state index in [4.69, 9.17) is 0 Å². The highest BCUT2D eigenvalue weighted by Crippen LogP contribution is 2.28. The first-order chi connectivity index (χ1) is 9.79. The Morgan fingerprint density at radius 3 is 3.05 bits per heavy atom. The Morgan fingerprint density at radius 2 is 2.35 bits per heavy atom. The number of amides is 1. The van der Waals surface area contributed by atoms with Crippen LogP contribution >= 0.6 is 11.3 Å². The number of hydrogen-bond donors (Lipinski definition) is 2. The lowest BCUT2D eigenvalue weighted by Crippen LogP contribution is -2.44. The topological polar surface area (TPSA) is 46.1 Å². The molecule has 0 saturated carbocycles. The van der Waals surface area contributed by atoms with Crippen molar-refractivity contribution in [3.05, 3.63) is 36.0 Å². The molecule has 0 unspecified atom stereocenters. The van der Waals surface area contributed by atoms with Gasteiger partial charge in [-0.25, -0.2) is 4.79 Å². The van der Waals surface area contributed by atoms with Crippen LogP contribution in [-0.4, -0.2) is 28.7 Å².